The molecule has 2 aromatic rings. The second-order valence-electron chi connectivity index (χ2n) is 4.50. The molecule has 0 aliphatic carbocycles. The smallest absolute Gasteiger partial charge is 0.123 e. The van der Waals surface area contributed by atoms with E-state index in [9.17, 15) is 9.50 Å². The van der Waals surface area contributed by atoms with E-state index in [0.29, 0.717) is 22.8 Å². The third-order valence-electron chi connectivity index (χ3n) is 3.06. The Morgan fingerprint density at radius 1 is 1.47 bits per heavy atom. The van der Waals surface area contributed by atoms with Gasteiger partial charge in [0.05, 0.1) is 16.9 Å². The highest BCUT2D eigenvalue weighted by Gasteiger charge is 2.21. The zero-order valence-corrected chi connectivity index (χ0v) is 11.7. The molecule has 0 amide bonds. The summed E-state index contributed by atoms with van der Waals surface area (Å²) in [5.41, 5.74) is 1.84. The first-order valence-corrected chi connectivity index (χ1v) is 6.57. The minimum atomic E-state index is -0.975. The van der Waals surface area contributed by atoms with E-state index in [0.717, 1.165) is 12.0 Å². The maximum atomic E-state index is 13.3. The number of aliphatic hydroxyl groups excluding tert-OH is 1. The van der Waals surface area contributed by atoms with Gasteiger partial charge in [-0.2, -0.15) is 5.10 Å². The molecule has 0 radical (unpaired) electrons. The van der Waals surface area contributed by atoms with E-state index in [2.05, 4.69) is 5.10 Å². The Hall–Kier alpha value is -1.39. The molecule has 0 aliphatic rings. The van der Waals surface area contributed by atoms with E-state index < -0.39 is 6.10 Å². The number of aliphatic hydroxyl groups is 1. The Kier molecular flexibility index (Phi) is 4.22. The van der Waals surface area contributed by atoms with Gasteiger partial charge < -0.3 is 5.11 Å². The molecular formula is C14H16ClFN2O. The van der Waals surface area contributed by atoms with Crippen LogP contribution in [0.15, 0.2) is 24.4 Å². The molecule has 0 saturated carbocycles. The van der Waals surface area contributed by atoms with E-state index in [1.807, 2.05) is 13.8 Å². The number of rotatable bonds is 4. The number of halogens is 2. The topological polar surface area (TPSA) is 38.0 Å². The Morgan fingerprint density at radius 2 is 2.21 bits per heavy atom. The summed E-state index contributed by atoms with van der Waals surface area (Å²) in [6, 6.07) is 4.35. The molecule has 19 heavy (non-hydrogen) atoms. The van der Waals surface area contributed by atoms with E-state index >= 15 is 0 Å². The molecule has 0 saturated heterocycles. The van der Waals surface area contributed by atoms with E-state index in [4.69, 9.17) is 11.6 Å². The quantitative estimate of drug-likeness (QED) is 0.932. The number of aromatic nitrogens is 2. The number of hydrogen-bond donors (Lipinski definition) is 1. The molecule has 0 fully saturated rings. The molecule has 1 aromatic carbocycles. The predicted molar refractivity (Wildman–Crippen MR) is 72.7 cm³/mol. The zero-order chi connectivity index (χ0) is 14.0. The lowest BCUT2D eigenvalue weighted by Gasteiger charge is -2.16. The van der Waals surface area contributed by atoms with Crippen LogP contribution in [0.2, 0.25) is 5.02 Å². The third kappa shape index (κ3) is 2.80. The first-order valence-electron chi connectivity index (χ1n) is 6.20. The van der Waals surface area contributed by atoms with Gasteiger partial charge in [0.1, 0.15) is 11.9 Å². The van der Waals surface area contributed by atoms with Gasteiger partial charge in [-0.3, -0.25) is 4.68 Å². The van der Waals surface area contributed by atoms with E-state index in [1.165, 1.54) is 18.3 Å². The first-order chi connectivity index (χ1) is 9.04. The summed E-state index contributed by atoms with van der Waals surface area (Å²) in [5, 5.41) is 15.0. The monoisotopic (exact) mass is 282 g/mol. The van der Waals surface area contributed by atoms with Crippen LogP contribution < -0.4 is 0 Å². The van der Waals surface area contributed by atoms with Crippen molar-refractivity contribution in [3.63, 3.8) is 0 Å². The molecule has 0 spiro atoms. The molecule has 1 N–H and O–H groups in total. The van der Waals surface area contributed by atoms with Gasteiger partial charge in [0.25, 0.3) is 0 Å². The minimum absolute atomic E-state index is 0.377. The highest BCUT2D eigenvalue weighted by atomic mass is 35.5. The van der Waals surface area contributed by atoms with Crippen LogP contribution in [-0.2, 0) is 6.54 Å². The van der Waals surface area contributed by atoms with Crippen molar-refractivity contribution < 1.29 is 9.50 Å². The summed E-state index contributed by atoms with van der Waals surface area (Å²) in [5.74, 6) is -0.377. The average molecular weight is 283 g/mol. The van der Waals surface area contributed by atoms with Crippen LogP contribution in [0.5, 0.6) is 0 Å². The fourth-order valence-electron chi connectivity index (χ4n) is 2.09. The molecule has 1 aromatic heterocycles. The van der Waals surface area contributed by atoms with Crippen LogP contribution in [0.1, 0.15) is 36.3 Å². The van der Waals surface area contributed by atoms with Crippen LogP contribution in [0.4, 0.5) is 4.39 Å². The van der Waals surface area contributed by atoms with Gasteiger partial charge in [-0.25, -0.2) is 4.39 Å². The molecule has 0 aliphatic heterocycles. The lowest BCUT2D eigenvalue weighted by molar-refractivity contribution is 0.206. The van der Waals surface area contributed by atoms with Crippen LogP contribution >= 0.6 is 11.6 Å². The molecule has 0 bridgehead atoms. The van der Waals surface area contributed by atoms with E-state index in [-0.39, 0.29) is 5.82 Å². The van der Waals surface area contributed by atoms with Crippen LogP contribution in [0.3, 0.4) is 0 Å². The van der Waals surface area contributed by atoms with Crippen molar-refractivity contribution in [2.45, 2.75) is 32.9 Å². The van der Waals surface area contributed by atoms with Gasteiger partial charge >= 0.3 is 0 Å². The second kappa shape index (κ2) is 5.72. The Morgan fingerprint density at radius 3 is 2.89 bits per heavy atom. The van der Waals surface area contributed by atoms with Crippen LogP contribution in [0.25, 0.3) is 0 Å². The fourth-order valence-corrected chi connectivity index (χ4v) is 2.33. The second-order valence-corrected chi connectivity index (χ2v) is 4.91. The summed E-state index contributed by atoms with van der Waals surface area (Å²) in [6.07, 6.45) is 1.40. The van der Waals surface area contributed by atoms with Crippen molar-refractivity contribution >= 4 is 11.6 Å². The van der Waals surface area contributed by atoms with Gasteiger partial charge in [0.15, 0.2) is 0 Å². The van der Waals surface area contributed by atoms with Gasteiger partial charge in [0, 0.05) is 6.54 Å². The van der Waals surface area contributed by atoms with Crippen molar-refractivity contribution in [1.29, 1.82) is 0 Å². The van der Waals surface area contributed by atoms with Gasteiger partial charge in [-0.05, 0) is 36.6 Å². The molecule has 1 unspecified atom stereocenters. The number of hydrogen-bond acceptors (Lipinski definition) is 2. The SMILES string of the molecule is CCCn1ncc(Cl)c1C(O)c1cc(F)ccc1C. The number of benzene rings is 1. The van der Waals surface area contributed by atoms with E-state index in [1.54, 1.807) is 10.7 Å². The molecule has 1 heterocycles. The van der Waals surface area contributed by atoms with Gasteiger partial charge in [0.2, 0.25) is 0 Å². The van der Waals surface area contributed by atoms with Crippen molar-refractivity contribution in [3.8, 4) is 0 Å². The maximum absolute atomic E-state index is 13.3. The highest BCUT2D eigenvalue weighted by molar-refractivity contribution is 6.31. The van der Waals surface area contributed by atoms with Crippen molar-refractivity contribution in [3.05, 3.63) is 52.1 Å². The molecule has 102 valence electrons. The van der Waals surface area contributed by atoms with Crippen LogP contribution in [0, 0.1) is 12.7 Å². The lowest BCUT2D eigenvalue weighted by Crippen LogP contribution is -2.11. The normalized spacial score (nSPS) is 12.7. The summed E-state index contributed by atoms with van der Waals surface area (Å²) in [7, 11) is 0. The fraction of sp³-hybridized carbons (Fsp3) is 0.357. The summed E-state index contributed by atoms with van der Waals surface area (Å²) in [4.78, 5) is 0. The Labute approximate surface area is 116 Å². The standard InChI is InChI=1S/C14H16ClFN2O/c1-3-6-18-13(12(15)8-17-18)14(19)11-7-10(16)5-4-9(11)2/h4-5,7-8,14,19H,3,6H2,1-2H3. The average Bonchev–Trinajstić information content (AvgIpc) is 2.73. The van der Waals surface area contributed by atoms with Gasteiger partial charge in [-0.1, -0.05) is 24.6 Å². The minimum Gasteiger partial charge on any atom is -0.382 e. The zero-order valence-electron chi connectivity index (χ0n) is 10.9. The van der Waals surface area contributed by atoms with Crippen molar-refractivity contribution in [2.75, 3.05) is 0 Å². The van der Waals surface area contributed by atoms with Gasteiger partial charge in [-0.15, -0.1) is 0 Å². The lowest BCUT2D eigenvalue weighted by atomic mass is 10.0. The molecule has 5 heteroatoms. The largest absolute Gasteiger partial charge is 0.382 e. The molecular weight excluding hydrogens is 267 g/mol. The number of nitrogens with zero attached hydrogens (tertiary/aromatic N) is 2. The predicted octanol–water partition coefficient (Wildman–Crippen LogP) is 3.48. The summed E-state index contributed by atoms with van der Waals surface area (Å²) >= 11 is 6.08. The Balaban J connectivity index is 2.46. The van der Waals surface area contributed by atoms with Crippen molar-refractivity contribution in [2.24, 2.45) is 0 Å². The van der Waals surface area contributed by atoms with Crippen LogP contribution in [-0.4, -0.2) is 14.9 Å². The molecule has 2 rings (SSSR count). The first kappa shape index (κ1) is 14.0. The maximum Gasteiger partial charge on any atom is 0.123 e. The molecule has 1 atom stereocenters. The number of aryl methyl sites for hydroxylation is 2. The molecule has 3 nitrogen and oxygen atoms in total. The third-order valence-corrected chi connectivity index (χ3v) is 3.35. The summed E-state index contributed by atoms with van der Waals surface area (Å²) in [6.45, 7) is 4.50. The Bertz CT molecular complexity index is 583. The summed E-state index contributed by atoms with van der Waals surface area (Å²) < 4.78 is 15.0. The van der Waals surface area contributed by atoms with Crippen molar-refractivity contribution in [1.82, 2.24) is 9.78 Å². The highest BCUT2D eigenvalue weighted by Crippen LogP contribution is 2.30.